The van der Waals surface area contributed by atoms with Crippen LogP contribution in [0.1, 0.15) is 18.4 Å². The van der Waals surface area contributed by atoms with Gasteiger partial charge in [-0.25, -0.2) is 0 Å². The Hall–Kier alpha value is -2.08. The van der Waals surface area contributed by atoms with Crippen LogP contribution in [-0.4, -0.2) is 43.0 Å². The van der Waals surface area contributed by atoms with Gasteiger partial charge in [0, 0.05) is 18.2 Å². The summed E-state index contributed by atoms with van der Waals surface area (Å²) in [6.07, 6.45) is 2.01. The third kappa shape index (κ3) is 4.19. The van der Waals surface area contributed by atoms with E-state index in [1.54, 1.807) is 12.0 Å². The number of para-hydroxylation sites is 1. The quantitative estimate of drug-likeness (QED) is 0.755. The highest BCUT2D eigenvalue weighted by atomic mass is 16.5. The van der Waals surface area contributed by atoms with Gasteiger partial charge in [0.2, 0.25) is 11.8 Å². The van der Waals surface area contributed by atoms with E-state index in [9.17, 15) is 9.59 Å². The van der Waals surface area contributed by atoms with Gasteiger partial charge in [0.25, 0.3) is 0 Å². The fraction of sp³-hybridized carbons (Fsp3) is 0.467. The lowest BCUT2D eigenvalue weighted by Gasteiger charge is -2.23. The molecule has 1 saturated carbocycles. The highest BCUT2D eigenvalue weighted by Gasteiger charge is 2.32. The number of methoxy groups -OCH3 is 1. The number of hydrogen-bond acceptors (Lipinski definition) is 4. The van der Waals surface area contributed by atoms with Crippen LogP contribution in [0.15, 0.2) is 24.3 Å². The number of nitrogens with zero attached hydrogens (tertiary/aromatic N) is 1. The molecule has 0 atom stereocenters. The average molecular weight is 291 g/mol. The van der Waals surface area contributed by atoms with Gasteiger partial charge in [-0.2, -0.15) is 0 Å². The van der Waals surface area contributed by atoms with Crippen LogP contribution in [-0.2, 0) is 16.1 Å². The van der Waals surface area contributed by atoms with E-state index in [0.717, 1.165) is 24.2 Å². The molecule has 0 unspecified atom stereocenters. The van der Waals surface area contributed by atoms with Crippen LogP contribution in [0.25, 0.3) is 0 Å². The molecule has 6 nitrogen and oxygen atoms in total. The van der Waals surface area contributed by atoms with Crippen molar-refractivity contribution in [3.63, 3.8) is 0 Å². The first-order chi connectivity index (χ1) is 10.2. The molecule has 1 fully saturated rings. The standard InChI is InChI=1S/C15H21N3O3/c1-21-13-5-3-2-4-11(13)10-18(12-6-7-12)15(20)9-17-14(19)8-16/h2-5,12H,6-10,16H2,1H3,(H,17,19). The molecule has 21 heavy (non-hydrogen) atoms. The van der Waals surface area contributed by atoms with Crippen molar-refractivity contribution in [2.45, 2.75) is 25.4 Å². The van der Waals surface area contributed by atoms with Crippen LogP contribution in [0.3, 0.4) is 0 Å². The number of carbonyl (C=O) groups excluding carboxylic acids is 2. The highest BCUT2D eigenvalue weighted by molar-refractivity contribution is 5.85. The van der Waals surface area contributed by atoms with E-state index in [4.69, 9.17) is 10.5 Å². The monoisotopic (exact) mass is 291 g/mol. The molecule has 0 saturated heterocycles. The fourth-order valence-electron chi connectivity index (χ4n) is 2.17. The number of nitrogens with two attached hydrogens (primary N) is 1. The van der Waals surface area contributed by atoms with Gasteiger partial charge in [-0.05, 0) is 18.9 Å². The molecule has 0 aromatic heterocycles. The third-order valence-corrected chi connectivity index (χ3v) is 3.46. The van der Waals surface area contributed by atoms with Crippen molar-refractivity contribution < 1.29 is 14.3 Å². The van der Waals surface area contributed by atoms with Gasteiger partial charge in [0.05, 0.1) is 20.2 Å². The van der Waals surface area contributed by atoms with E-state index in [1.807, 2.05) is 24.3 Å². The zero-order valence-corrected chi connectivity index (χ0v) is 12.2. The third-order valence-electron chi connectivity index (χ3n) is 3.46. The number of benzene rings is 1. The van der Waals surface area contributed by atoms with Gasteiger partial charge >= 0.3 is 0 Å². The molecular weight excluding hydrogens is 270 g/mol. The van der Waals surface area contributed by atoms with Crippen molar-refractivity contribution in [1.29, 1.82) is 0 Å². The Kier molecular flexibility index (Phi) is 5.16. The van der Waals surface area contributed by atoms with E-state index in [2.05, 4.69) is 5.32 Å². The first-order valence-corrected chi connectivity index (χ1v) is 7.03. The lowest BCUT2D eigenvalue weighted by molar-refractivity contribution is -0.133. The van der Waals surface area contributed by atoms with Gasteiger partial charge in [0.15, 0.2) is 0 Å². The van der Waals surface area contributed by atoms with Crippen molar-refractivity contribution in [3.8, 4) is 5.75 Å². The summed E-state index contributed by atoms with van der Waals surface area (Å²) in [5, 5.41) is 2.52. The van der Waals surface area contributed by atoms with Crippen molar-refractivity contribution >= 4 is 11.8 Å². The second kappa shape index (κ2) is 7.08. The van der Waals surface area contributed by atoms with Crippen molar-refractivity contribution in [3.05, 3.63) is 29.8 Å². The van der Waals surface area contributed by atoms with Crippen LogP contribution in [0.2, 0.25) is 0 Å². The molecule has 0 radical (unpaired) electrons. The molecule has 114 valence electrons. The smallest absolute Gasteiger partial charge is 0.242 e. The summed E-state index contributed by atoms with van der Waals surface area (Å²) in [5.41, 5.74) is 6.18. The number of ether oxygens (including phenoxy) is 1. The lowest BCUT2D eigenvalue weighted by atomic mass is 10.2. The zero-order chi connectivity index (χ0) is 15.2. The minimum Gasteiger partial charge on any atom is -0.496 e. The van der Waals surface area contributed by atoms with E-state index in [0.29, 0.717) is 6.54 Å². The van der Waals surface area contributed by atoms with Crippen LogP contribution >= 0.6 is 0 Å². The first-order valence-electron chi connectivity index (χ1n) is 7.03. The molecule has 0 aliphatic heterocycles. The summed E-state index contributed by atoms with van der Waals surface area (Å²) in [7, 11) is 1.61. The molecule has 2 rings (SSSR count). The topological polar surface area (TPSA) is 84.7 Å². The molecule has 0 heterocycles. The van der Waals surface area contributed by atoms with Gasteiger partial charge in [-0.1, -0.05) is 18.2 Å². The molecule has 1 aromatic rings. The second-order valence-electron chi connectivity index (χ2n) is 5.05. The minimum atomic E-state index is -0.323. The summed E-state index contributed by atoms with van der Waals surface area (Å²) in [4.78, 5) is 25.2. The molecular formula is C15H21N3O3. The van der Waals surface area contributed by atoms with E-state index in [1.165, 1.54) is 0 Å². The summed E-state index contributed by atoms with van der Waals surface area (Å²) < 4.78 is 5.32. The van der Waals surface area contributed by atoms with Crippen molar-refractivity contribution in [2.24, 2.45) is 5.73 Å². The number of hydrogen-bond donors (Lipinski definition) is 2. The Morgan fingerprint density at radius 2 is 2.10 bits per heavy atom. The fourth-order valence-corrected chi connectivity index (χ4v) is 2.17. The van der Waals surface area contributed by atoms with Gasteiger partial charge in [-0.15, -0.1) is 0 Å². The Labute approximate surface area is 124 Å². The van der Waals surface area contributed by atoms with Crippen molar-refractivity contribution in [1.82, 2.24) is 10.2 Å². The number of amides is 2. The molecule has 1 aliphatic rings. The molecule has 0 bridgehead atoms. The maximum Gasteiger partial charge on any atom is 0.242 e. The normalized spacial score (nSPS) is 13.6. The Bertz CT molecular complexity index is 515. The van der Waals surface area contributed by atoms with Gasteiger partial charge in [0.1, 0.15) is 5.75 Å². The maximum atomic E-state index is 12.3. The van der Waals surface area contributed by atoms with E-state index < -0.39 is 0 Å². The predicted molar refractivity (Wildman–Crippen MR) is 78.6 cm³/mol. The summed E-state index contributed by atoms with van der Waals surface area (Å²) in [5.74, 6) is 0.350. The first kappa shape index (κ1) is 15.3. The van der Waals surface area contributed by atoms with Crippen LogP contribution < -0.4 is 15.8 Å². The molecule has 1 aliphatic carbocycles. The minimum absolute atomic E-state index is 0.0122. The summed E-state index contributed by atoms with van der Waals surface area (Å²) in [6.45, 7) is 0.372. The van der Waals surface area contributed by atoms with Crippen LogP contribution in [0.5, 0.6) is 5.75 Å². The predicted octanol–water partition coefficient (Wildman–Crippen LogP) is 0.261. The zero-order valence-electron chi connectivity index (χ0n) is 12.2. The van der Waals surface area contributed by atoms with E-state index in [-0.39, 0.29) is 30.9 Å². The SMILES string of the molecule is COc1ccccc1CN(C(=O)CNC(=O)CN)C1CC1. The second-order valence-corrected chi connectivity index (χ2v) is 5.05. The number of carbonyl (C=O) groups is 2. The van der Waals surface area contributed by atoms with Crippen LogP contribution in [0.4, 0.5) is 0 Å². The largest absolute Gasteiger partial charge is 0.496 e. The molecule has 0 spiro atoms. The Morgan fingerprint density at radius 3 is 2.71 bits per heavy atom. The Morgan fingerprint density at radius 1 is 1.38 bits per heavy atom. The maximum absolute atomic E-state index is 12.3. The summed E-state index contributed by atoms with van der Waals surface area (Å²) >= 11 is 0. The van der Waals surface area contributed by atoms with Gasteiger partial charge < -0.3 is 20.7 Å². The molecule has 3 N–H and O–H groups in total. The molecule has 2 amide bonds. The Balaban J connectivity index is 2.02. The highest BCUT2D eigenvalue weighted by Crippen LogP contribution is 2.30. The number of nitrogens with one attached hydrogen (secondary N) is 1. The lowest BCUT2D eigenvalue weighted by Crippen LogP contribution is -2.42. The molecule has 1 aromatic carbocycles. The van der Waals surface area contributed by atoms with Gasteiger partial charge in [-0.3, -0.25) is 9.59 Å². The van der Waals surface area contributed by atoms with E-state index >= 15 is 0 Å². The number of rotatable bonds is 7. The summed E-state index contributed by atoms with van der Waals surface area (Å²) in [6, 6.07) is 7.90. The average Bonchev–Trinajstić information content (AvgIpc) is 3.34. The molecule has 6 heteroatoms. The van der Waals surface area contributed by atoms with Crippen LogP contribution in [0, 0.1) is 0 Å². The van der Waals surface area contributed by atoms with Crippen molar-refractivity contribution in [2.75, 3.05) is 20.2 Å².